The van der Waals surface area contributed by atoms with Gasteiger partial charge in [0.05, 0.1) is 0 Å². The molecule has 2 aromatic heterocycles. The van der Waals surface area contributed by atoms with E-state index in [9.17, 15) is 19.2 Å². The van der Waals surface area contributed by atoms with Crippen LogP contribution in [0.25, 0.3) is 0 Å². The lowest BCUT2D eigenvalue weighted by atomic mass is 10.1. The highest BCUT2D eigenvalue weighted by Gasteiger charge is 2.26. The fourth-order valence-electron chi connectivity index (χ4n) is 2.47. The first-order valence-electron chi connectivity index (χ1n) is 8.57. The monoisotopic (exact) mass is 422 g/mol. The van der Waals surface area contributed by atoms with Gasteiger partial charge in [0.15, 0.2) is 0 Å². The largest absolute Gasteiger partial charge is 0.370 e. The summed E-state index contributed by atoms with van der Waals surface area (Å²) in [7, 11) is 0. The number of carbonyl (C=O) groups excluding carboxylic acids is 4. The van der Waals surface area contributed by atoms with Crippen LogP contribution in [0.3, 0.4) is 0 Å². The minimum atomic E-state index is -0.899. The predicted molar refractivity (Wildman–Crippen MR) is 108 cm³/mol. The molecule has 2 rings (SSSR count). The molecule has 0 aromatic carbocycles. The molecule has 28 heavy (non-hydrogen) atoms. The van der Waals surface area contributed by atoms with Gasteiger partial charge in [0, 0.05) is 35.4 Å². The molecule has 8 nitrogen and oxygen atoms in total. The zero-order valence-electron chi connectivity index (χ0n) is 15.1. The molecule has 10 heteroatoms. The molecule has 4 amide bonds. The Morgan fingerprint density at radius 1 is 0.857 bits per heavy atom. The lowest BCUT2D eigenvalue weighted by Crippen LogP contribution is -2.54. The summed E-state index contributed by atoms with van der Waals surface area (Å²) in [5, 5.41) is 8.97. The van der Waals surface area contributed by atoms with E-state index in [4.69, 9.17) is 11.5 Å². The van der Waals surface area contributed by atoms with E-state index in [-0.39, 0.29) is 25.7 Å². The summed E-state index contributed by atoms with van der Waals surface area (Å²) < 4.78 is 0. The zero-order chi connectivity index (χ0) is 20.5. The Kier molecular flexibility index (Phi) is 8.15. The average molecular weight is 423 g/mol. The molecule has 0 spiro atoms. The quantitative estimate of drug-likeness (QED) is 0.413. The molecule has 0 unspecified atom stereocenters. The number of hydrogen-bond acceptors (Lipinski definition) is 6. The maximum atomic E-state index is 12.8. The lowest BCUT2D eigenvalue weighted by Gasteiger charge is -2.21. The normalized spacial score (nSPS) is 12.7. The van der Waals surface area contributed by atoms with E-state index in [1.54, 1.807) is 0 Å². The van der Waals surface area contributed by atoms with Gasteiger partial charge in [0.2, 0.25) is 23.6 Å². The summed E-state index contributed by atoms with van der Waals surface area (Å²) in [6.45, 7) is 0. The summed E-state index contributed by atoms with van der Waals surface area (Å²) >= 11 is 2.90. The number of amides is 4. The van der Waals surface area contributed by atoms with E-state index in [2.05, 4.69) is 10.6 Å². The third-order valence-electron chi connectivity index (χ3n) is 3.88. The molecule has 0 saturated heterocycles. The minimum Gasteiger partial charge on any atom is -0.370 e. The van der Waals surface area contributed by atoms with Crippen LogP contribution in [0.1, 0.15) is 22.6 Å². The summed E-state index contributed by atoms with van der Waals surface area (Å²) in [4.78, 5) is 49.3. The van der Waals surface area contributed by atoms with Gasteiger partial charge >= 0.3 is 0 Å². The van der Waals surface area contributed by atoms with Gasteiger partial charge in [-0.25, -0.2) is 0 Å². The van der Waals surface area contributed by atoms with Gasteiger partial charge in [0.1, 0.15) is 12.1 Å². The Balaban J connectivity index is 2.06. The van der Waals surface area contributed by atoms with Crippen LogP contribution in [0.5, 0.6) is 0 Å². The SMILES string of the molecule is NC(=O)CCC(=O)N[C@H](Cc1cccs1)C(=O)N[C@@H](Cc1cccs1)C(N)=O. The van der Waals surface area contributed by atoms with E-state index >= 15 is 0 Å². The highest BCUT2D eigenvalue weighted by Crippen LogP contribution is 2.13. The van der Waals surface area contributed by atoms with Crippen molar-refractivity contribution in [2.75, 3.05) is 0 Å². The van der Waals surface area contributed by atoms with Gasteiger partial charge in [-0.15, -0.1) is 22.7 Å². The zero-order valence-corrected chi connectivity index (χ0v) is 16.7. The van der Waals surface area contributed by atoms with Gasteiger partial charge in [-0.1, -0.05) is 12.1 Å². The molecule has 0 bridgehead atoms. The Morgan fingerprint density at radius 3 is 1.89 bits per heavy atom. The number of thiophene rings is 2. The third-order valence-corrected chi connectivity index (χ3v) is 5.68. The highest BCUT2D eigenvalue weighted by molar-refractivity contribution is 7.10. The van der Waals surface area contributed by atoms with Crippen LogP contribution in [0, 0.1) is 0 Å². The van der Waals surface area contributed by atoms with Crippen molar-refractivity contribution >= 4 is 46.3 Å². The molecule has 0 fully saturated rings. The van der Waals surface area contributed by atoms with Crippen LogP contribution >= 0.6 is 22.7 Å². The molecule has 0 aliphatic carbocycles. The molecule has 0 saturated carbocycles. The van der Waals surface area contributed by atoms with Crippen LogP contribution in [0.2, 0.25) is 0 Å². The van der Waals surface area contributed by atoms with Crippen molar-refractivity contribution in [2.24, 2.45) is 11.5 Å². The topological polar surface area (TPSA) is 144 Å². The van der Waals surface area contributed by atoms with Gasteiger partial charge in [-0.3, -0.25) is 19.2 Å². The summed E-state index contributed by atoms with van der Waals surface area (Å²) in [6.07, 6.45) is 0.315. The van der Waals surface area contributed by atoms with Crippen LogP contribution in [-0.4, -0.2) is 35.7 Å². The maximum Gasteiger partial charge on any atom is 0.243 e. The summed E-state index contributed by atoms with van der Waals surface area (Å²) in [5.41, 5.74) is 10.5. The fraction of sp³-hybridized carbons (Fsp3) is 0.333. The number of hydrogen-bond donors (Lipinski definition) is 4. The van der Waals surface area contributed by atoms with Crippen LogP contribution in [0.4, 0.5) is 0 Å². The number of rotatable bonds is 11. The van der Waals surface area contributed by atoms with Crippen LogP contribution in [-0.2, 0) is 32.0 Å². The van der Waals surface area contributed by atoms with Crippen molar-refractivity contribution in [3.8, 4) is 0 Å². The molecular weight excluding hydrogens is 400 g/mol. The van der Waals surface area contributed by atoms with E-state index < -0.39 is 35.7 Å². The Labute approximate surface area is 170 Å². The number of primary amides is 2. The number of carbonyl (C=O) groups is 4. The van der Waals surface area contributed by atoms with E-state index in [1.807, 2.05) is 35.0 Å². The first-order valence-corrected chi connectivity index (χ1v) is 10.3. The van der Waals surface area contributed by atoms with Crippen LogP contribution < -0.4 is 22.1 Å². The first kappa shape index (κ1) is 21.6. The number of nitrogens with one attached hydrogen (secondary N) is 2. The predicted octanol–water partition coefficient (Wildman–Crippen LogP) is 0.315. The molecule has 0 aliphatic heterocycles. The molecule has 2 aromatic rings. The summed E-state index contributed by atoms with van der Waals surface area (Å²) in [5.74, 6) is -2.23. The second-order valence-electron chi connectivity index (χ2n) is 6.12. The first-order chi connectivity index (χ1) is 13.3. The molecule has 0 aliphatic rings. The standard InChI is InChI=1S/C18H22N4O4S2/c19-15(23)5-6-16(24)21-14(10-12-4-2-8-28-12)18(26)22-13(17(20)25)9-11-3-1-7-27-11/h1-4,7-8,13-14H,5-6,9-10H2,(H2,19,23)(H2,20,25)(H,21,24)(H,22,26)/t13-,14+/m0/s1. The van der Waals surface area contributed by atoms with Crippen molar-refractivity contribution in [3.05, 3.63) is 44.8 Å². The molecular formula is C18H22N4O4S2. The van der Waals surface area contributed by atoms with Crippen molar-refractivity contribution in [2.45, 2.75) is 37.8 Å². The molecule has 2 heterocycles. The van der Waals surface area contributed by atoms with E-state index in [1.165, 1.54) is 22.7 Å². The van der Waals surface area contributed by atoms with Crippen molar-refractivity contribution in [3.63, 3.8) is 0 Å². The molecule has 6 N–H and O–H groups in total. The molecule has 0 radical (unpaired) electrons. The lowest BCUT2D eigenvalue weighted by molar-refractivity contribution is -0.131. The second kappa shape index (κ2) is 10.6. The smallest absolute Gasteiger partial charge is 0.243 e. The van der Waals surface area contributed by atoms with Gasteiger partial charge in [-0.05, 0) is 22.9 Å². The summed E-state index contributed by atoms with van der Waals surface area (Å²) in [6, 6.07) is 5.59. The number of nitrogens with two attached hydrogens (primary N) is 2. The van der Waals surface area contributed by atoms with E-state index in [0.29, 0.717) is 0 Å². The Bertz CT molecular complexity index is 806. The van der Waals surface area contributed by atoms with Crippen LogP contribution in [0.15, 0.2) is 35.0 Å². The Morgan fingerprint density at radius 2 is 1.43 bits per heavy atom. The van der Waals surface area contributed by atoms with Gasteiger partial charge in [0.25, 0.3) is 0 Å². The highest BCUT2D eigenvalue weighted by atomic mass is 32.1. The third kappa shape index (κ3) is 7.12. The van der Waals surface area contributed by atoms with Crippen molar-refractivity contribution in [1.29, 1.82) is 0 Å². The fourth-order valence-corrected chi connectivity index (χ4v) is 3.97. The maximum absolute atomic E-state index is 12.8. The van der Waals surface area contributed by atoms with Crippen molar-refractivity contribution in [1.82, 2.24) is 10.6 Å². The van der Waals surface area contributed by atoms with Gasteiger partial charge in [-0.2, -0.15) is 0 Å². The van der Waals surface area contributed by atoms with E-state index in [0.717, 1.165) is 9.75 Å². The average Bonchev–Trinajstić information content (AvgIpc) is 3.32. The second-order valence-corrected chi connectivity index (χ2v) is 8.18. The molecule has 2 atom stereocenters. The minimum absolute atomic E-state index is 0.110. The van der Waals surface area contributed by atoms with Gasteiger partial charge < -0.3 is 22.1 Å². The molecule has 150 valence electrons. The Hall–Kier alpha value is -2.72. The van der Waals surface area contributed by atoms with Crippen molar-refractivity contribution < 1.29 is 19.2 Å².